The highest BCUT2D eigenvalue weighted by atomic mass is 16.5. The van der Waals surface area contributed by atoms with Crippen molar-refractivity contribution in [3.63, 3.8) is 0 Å². The van der Waals surface area contributed by atoms with Gasteiger partial charge in [-0.2, -0.15) is 0 Å². The summed E-state index contributed by atoms with van der Waals surface area (Å²) < 4.78 is 11.0. The van der Waals surface area contributed by atoms with Crippen molar-refractivity contribution in [3.8, 4) is 5.75 Å². The van der Waals surface area contributed by atoms with Gasteiger partial charge in [0.05, 0.1) is 25.3 Å². The van der Waals surface area contributed by atoms with Crippen LogP contribution in [0.15, 0.2) is 35.5 Å². The summed E-state index contributed by atoms with van der Waals surface area (Å²) in [7, 11) is 1.56. The molecule has 10 heteroatoms. The molecule has 3 rings (SSSR count). The fourth-order valence-corrected chi connectivity index (χ4v) is 4.46. The largest absolute Gasteiger partial charge is 0.496 e. The zero-order chi connectivity index (χ0) is 25.4. The molecule has 1 aromatic rings. The average molecular weight is 488 g/mol. The highest BCUT2D eigenvalue weighted by Gasteiger charge is 2.39. The first-order valence-electron chi connectivity index (χ1n) is 12.3. The van der Waals surface area contributed by atoms with E-state index in [1.54, 1.807) is 29.9 Å². The monoisotopic (exact) mass is 487 g/mol. The molecule has 1 atom stereocenters. The molecule has 1 aromatic carbocycles. The molecule has 2 N–H and O–H groups in total. The number of urea groups is 2. The Labute approximate surface area is 207 Å². The number of ether oxygens (including phenoxy) is 2. The molecule has 0 saturated carbocycles. The molecule has 2 aliphatic heterocycles. The number of carbonyl (C=O) groups excluding carboxylic acids is 3. The standard InChI is InChI=1S/C25H37N5O5/c1-5-12-26-24(32)29-15-13-28(14-16-29)17-19-21(23(31)35-7-3)22(27-25(33)30(19)6-2)18-10-8-9-11-20(18)34-4/h8-11,22H,5-7,12-17H2,1-4H3,(H,26,32)(H,27,33). The lowest BCUT2D eigenvalue weighted by Crippen LogP contribution is -2.55. The lowest BCUT2D eigenvalue weighted by molar-refractivity contribution is -0.139. The summed E-state index contributed by atoms with van der Waals surface area (Å²) in [5.41, 5.74) is 1.72. The predicted molar refractivity (Wildman–Crippen MR) is 132 cm³/mol. The van der Waals surface area contributed by atoms with Gasteiger partial charge in [0.1, 0.15) is 5.75 Å². The van der Waals surface area contributed by atoms with Crippen LogP contribution in [0, 0.1) is 0 Å². The molecule has 1 fully saturated rings. The molecule has 192 valence electrons. The van der Waals surface area contributed by atoms with Crippen LogP contribution in [-0.4, -0.2) is 92.3 Å². The van der Waals surface area contributed by atoms with Crippen LogP contribution in [0.1, 0.15) is 38.8 Å². The van der Waals surface area contributed by atoms with Gasteiger partial charge in [-0.25, -0.2) is 14.4 Å². The summed E-state index contributed by atoms with van der Waals surface area (Å²) in [4.78, 5) is 44.3. The summed E-state index contributed by atoms with van der Waals surface area (Å²) >= 11 is 0. The summed E-state index contributed by atoms with van der Waals surface area (Å²) in [6.45, 7) is 9.76. The Morgan fingerprint density at radius 1 is 1.11 bits per heavy atom. The molecule has 10 nitrogen and oxygen atoms in total. The van der Waals surface area contributed by atoms with E-state index in [4.69, 9.17) is 9.47 Å². The Morgan fingerprint density at radius 2 is 1.83 bits per heavy atom. The fraction of sp³-hybridized carbons (Fsp3) is 0.560. The van der Waals surface area contributed by atoms with Crippen molar-refractivity contribution < 1.29 is 23.9 Å². The molecular weight excluding hydrogens is 450 g/mol. The first-order chi connectivity index (χ1) is 16.9. The van der Waals surface area contributed by atoms with Crippen LogP contribution >= 0.6 is 0 Å². The van der Waals surface area contributed by atoms with Crippen molar-refractivity contribution >= 4 is 18.0 Å². The number of para-hydroxylation sites is 1. The summed E-state index contributed by atoms with van der Waals surface area (Å²) in [6.07, 6.45) is 0.888. The number of nitrogens with one attached hydrogen (secondary N) is 2. The molecule has 0 aliphatic carbocycles. The van der Waals surface area contributed by atoms with Gasteiger partial charge in [-0.1, -0.05) is 25.1 Å². The molecule has 0 spiro atoms. The van der Waals surface area contributed by atoms with Crippen molar-refractivity contribution in [2.45, 2.75) is 33.2 Å². The van der Waals surface area contributed by atoms with E-state index in [0.29, 0.717) is 68.4 Å². The van der Waals surface area contributed by atoms with E-state index in [2.05, 4.69) is 15.5 Å². The van der Waals surface area contributed by atoms with Crippen LogP contribution < -0.4 is 15.4 Å². The highest BCUT2D eigenvalue weighted by molar-refractivity contribution is 5.95. The first-order valence-corrected chi connectivity index (χ1v) is 12.3. The second kappa shape index (κ2) is 12.4. The summed E-state index contributed by atoms with van der Waals surface area (Å²) in [5, 5.41) is 5.89. The normalized spacial score (nSPS) is 18.9. The Kier molecular flexibility index (Phi) is 9.36. The number of piperazine rings is 1. The second-order valence-electron chi connectivity index (χ2n) is 8.44. The van der Waals surface area contributed by atoms with Crippen molar-refractivity contribution in [2.24, 2.45) is 0 Å². The number of amides is 4. The van der Waals surface area contributed by atoms with Gasteiger partial charge in [0.25, 0.3) is 0 Å². The third kappa shape index (κ3) is 6.05. The van der Waals surface area contributed by atoms with Crippen molar-refractivity contribution in [2.75, 3.05) is 59.5 Å². The van der Waals surface area contributed by atoms with Crippen molar-refractivity contribution in [1.82, 2.24) is 25.3 Å². The molecule has 1 unspecified atom stereocenters. The third-order valence-corrected chi connectivity index (χ3v) is 6.26. The number of esters is 1. The number of carbonyl (C=O) groups is 3. The Bertz CT molecular complexity index is 942. The molecule has 0 radical (unpaired) electrons. The Morgan fingerprint density at radius 3 is 2.46 bits per heavy atom. The maximum Gasteiger partial charge on any atom is 0.338 e. The maximum atomic E-state index is 13.3. The minimum atomic E-state index is -0.698. The highest BCUT2D eigenvalue weighted by Crippen LogP contribution is 2.36. The van der Waals surface area contributed by atoms with E-state index in [0.717, 1.165) is 6.42 Å². The zero-order valence-electron chi connectivity index (χ0n) is 21.1. The van der Waals surface area contributed by atoms with E-state index in [9.17, 15) is 14.4 Å². The number of rotatable bonds is 9. The van der Waals surface area contributed by atoms with Gasteiger partial charge in [-0.05, 0) is 26.3 Å². The number of nitrogens with zero attached hydrogens (tertiary/aromatic N) is 3. The Balaban J connectivity index is 1.93. The van der Waals surface area contributed by atoms with Crippen LogP contribution in [-0.2, 0) is 9.53 Å². The number of methoxy groups -OCH3 is 1. The minimum Gasteiger partial charge on any atom is -0.496 e. The van der Waals surface area contributed by atoms with Crippen molar-refractivity contribution in [1.29, 1.82) is 0 Å². The summed E-state index contributed by atoms with van der Waals surface area (Å²) in [6, 6.07) is 6.31. The van der Waals surface area contributed by atoms with Gasteiger partial charge in [0.15, 0.2) is 0 Å². The van der Waals surface area contributed by atoms with Crippen LogP contribution in [0.3, 0.4) is 0 Å². The fourth-order valence-electron chi connectivity index (χ4n) is 4.46. The molecule has 2 heterocycles. The predicted octanol–water partition coefficient (Wildman–Crippen LogP) is 2.34. The lowest BCUT2D eigenvalue weighted by Gasteiger charge is -2.40. The number of likely N-dealkylation sites (N-methyl/N-ethyl adjacent to an activating group) is 1. The van der Waals surface area contributed by atoms with E-state index >= 15 is 0 Å². The minimum absolute atomic E-state index is 0.0543. The molecule has 35 heavy (non-hydrogen) atoms. The topological polar surface area (TPSA) is 103 Å². The van der Waals surface area contributed by atoms with Crippen LogP contribution in [0.5, 0.6) is 5.75 Å². The van der Waals surface area contributed by atoms with Gasteiger partial charge in [0, 0.05) is 57.1 Å². The zero-order valence-corrected chi connectivity index (χ0v) is 21.1. The van der Waals surface area contributed by atoms with E-state index in [1.807, 2.05) is 32.0 Å². The van der Waals surface area contributed by atoms with E-state index in [1.165, 1.54) is 0 Å². The molecular formula is C25H37N5O5. The van der Waals surface area contributed by atoms with Gasteiger partial charge in [0.2, 0.25) is 0 Å². The third-order valence-electron chi connectivity index (χ3n) is 6.26. The number of benzene rings is 1. The lowest BCUT2D eigenvalue weighted by atomic mass is 9.93. The van der Waals surface area contributed by atoms with Gasteiger partial charge < -0.3 is 25.0 Å². The molecule has 0 bridgehead atoms. The first kappa shape index (κ1) is 26.3. The quantitative estimate of drug-likeness (QED) is 0.519. The van der Waals surface area contributed by atoms with Crippen LogP contribution in [0.2, 0.25) is 0 Å². The SMILES string of the molecule is CCCNC(=O)N1CCN(CC2=C(C(=O)OCC)C(c3ccccc3OC)NC(=O)N2CC)CC1. The van der Waals surface area contributed by atoms with Crippen LogP contribution in [0.4, 0.5) is 9.59 Å². The van der Waals surface area contributed by atoms with Crippen molar-refractivity contribution in [3.05, 3.63) is 41.1 Å². The van der Waals surface area contributed by atoms with Crippen LogP contribution in [0.25, 0.3) is 0 Å². The Hall–Kier alpha value is -3.27. The van der Waals surface area contributed by atoms with E-state index in [-0.39, 0.29) is 18.7 Å². The van der Waals surface area contributed by atoms with Gasteiger partial charge in [-0.3, -0.25) is 9.80 Å². The smallest absolute Gasteiger partial charge is 0.338 e. The molecule has 4 amide bonds. The average Bonchev–Trinajstić information content (AvgIpc) is 2.87. The van der Waals surface area contributed by atoms with Gasteiger partial charge in [-0.15, -0.1) is 0 Å². The maximum absolute atomic E-state index is 13.3. The molecule has 1 saturated heterocycles. The van der Waals surface area contributed by atoms with Gasteiger partial charge >= 0.3 is 18.0 Å². The summed E-state index contributed by atoms with van der Waals surface area (Å²) in [5.74, 6) is 0.116. The van der Waals surface area contributed by atoms with E-state index < -0.39 is 12.0 Å². The molecule has 2 aliphatic rings. The number of hydrogen-bond acceptors (Lipinski definition) is 6. The molecule has 0 aromatic heterocycles. The second-order valence-corrected chi connectivity index (χ2v) is 8.44. The number of hydrogen-bond donors (Lipinski definition) is 2.